The van der Waals surface area contributed by atoms with Crippen molar-refractivity contribution in [1.82, 2.24) is 20.0 Å². The molecule has 4 saturated heterocycles. The van der Waals surface area contributed by atoms with Crippen molar-refractivity contribution in [2.24, 2.45) is 11.3 Å². The Morgan fingerprint density at radius 1 is 0.829 bits per heavy atom. The summed E-state index contributed by atoms with van der Waals surface area (Å²) in [5.41, 5.74) is 4.68. The Hall–Kier alpha value is -3.23. The molecule has 4 fully saturated rings. The van der Waals surface area contributed by atoms with Crippen LogP contribution in [-0.4, -0.2) is 84.3 Å². The summed E-state index contributed by atoms with van der Waals surface area (Å²) in [4.78, 5) is 46.7. The maximum absolute atomic E-state index is 13.2. The van der Waals surface area contributed by atoms with E-state index in [1.165, 1.54) is 64.0 Å². The Morgan fingerprint density at radius 3 is 2.32 bits per heavy atom. The Kier molecular flexibility index (Phi) is 7.07. The number of anilines is 1. The number of amides is 3. The van der Waals surface area contributed by atoms with Crippen molar-refractivity contribution in [2.75, 3.05) is 50.7 Å². The van der Waals surface area contributed by atoms with Gasteiger partial charge in [0.05, 0.1) is 0 Å². The van der Waals surface area contributed by atoms with Crippen LogP contribution in [0.1, 0.15) is 60.0 Å². The number of benzene rings is 2. The second-order valence-corrected chi connectivity index (χ2v) is 13.1. The number of nitrogens with one attached hydrogen (secondary N) is 1. The van der Waals surface area contributed by atoms with Gasteiger partial charge in [0, 0.05) is 61.4 Å². The summed E-state index contributed by atoms with van der Waals surface area (Å²) in [5, 5.41) is 2.40. The van der Waals surface area contributed by atoms with Crippen LogP contribution in [0, 0.1) is 11.3 Å². The lowest BCUT2D eigenvalue weighted by Crippen LogP contribution is -2.61. The summed E-state index contributed by atoms with van der Waals surface area (Å²) < 4.78 is 0. The van der Waals surface area contributed by atoms with Gasteiger partial charge in [-0.2, -0.15) is 0 Å². The molecule has 1 spiro atoms. The number of piperidine rings is 3. The highest BCUT2D eigenvalue weighted by Gasteiger charge is 2.47. The topological polar surface area (TPSA) is 76.2 Å². The third-order valence-corrected chi connectivity index (χ3v) is 10.3. The van der Waals surface area contributed by atoms with Crippen LogP contribution in [0.25, 0.3) is 0 Å². The lowest BCUT2D eigenvalue weighted by molar-refractivity contribution is -0.136. The Balaban J connectivity index is 0.897. The summed E-state index contributed by atoms with van der Waals surface area (Å²) >= 11 is 0. The van der Waals surface area contributed by atoms with Gasteiger partial charge in [-0.25, -0.2) is 0 Å². The Labute approximate surface area is 242 Å². The third kappa shape index (κ3) is 5.28. The number of fused-ring (bicyclic) bond motifs is 1. The maximum atomic E-state index is 13.2. The van der Waals surface area contributed by atoms with Gasteiger partial charge in [-0.3, -0.25) is 24.6 Å². The quantitative estimate of drug-likeness (QED) is 0.552. The second-order valence-electron chi connectivity index (χ2n) is 13.1. The van der Waals surface area contributed by atoms with E-state index in [9.17, 15) is 14.4 Å². The van der Waals surface area contributed by atoms with E-state index in [0.717, 1.165) is 36.8 Å². The zero-order chi connectivity index (χ0) is 28.0. The minimum atomic E-state index is -0.566. The molecule has 0 saturated carbocycles. The zero-order valence-corrected chi connectivity index (χ0v) is 23.9. The van der Waals surface area contributed by atoms with Gasteiger partial charge >= 0.3 is 0 Å². The molecule has 0 bridgehead atoms. The lowest BCUT2D eigenvalue weighted by Gasteiger charge is -2.55. The van der Waals surface area contributed by atoms with E-state index in [-0.39, 0.29) is 24.1 Å². The van der Waals surface area contributed by atoms with Crippen molar-refractivity contribution in [3.63, 3.8) is 0 Å². The van der Waals surface area contributed by atoms with Crippen LogP contribution >= 0.6 is 0 Å². The predicted molar refractivity (Wildman–Crippen MR) is 157 cm³/mol. The van der Waals surface area contributed by atoms with Crippen molar-refractivity contribution in [1.29, 1.82) is 0 Å². The molecule has 41 heavy (non-hydrogen) atoms. The van der Waals surface area contributed by atoms with E-state index >= 15 is 0 Å². The molecule has 2 aromatic carbocycles. The number of imide groups is 1. The normalized spacial score (nSPS) is 25.4. The molecule has 1 N–H and O–H groups in total. The number of rotatable bonds is 6. The van der Waals surface area contributed by atoms with Crippen molar-refractivity contribution in [3.05, 3.63) is 65.2 Å². The molecule has 2 aromatic rings. The molecule has 3 amide bonds. The van der Waals surface area contributed by atoms with Crippen LogP contribution in [0.15, 0.2) is 48.5 Å². The molecule has 8 heteroatoms. The van der Waals surface area contributed by atoms with Crippen molar-refractivity contribution < 1.29 is 14.4 Å². The first-order valence-corrected chi connectivity index (χ1v) is 15.5. The minimum Gasteiger partial charge on any atom is -0.370 e. The van der Waals surface area contributed by atoms with Gasteiger partial charge < -0.3 is 14.7 Å². The average Bonchev–Trinajstić information content (AvgIpc) is 3.30. The van der Waals surface area contributed by atoms with E-state index in [0.29, 0.717) is 23.9 Å². The fourth-order valence-electron chi connectivity index (χ4n) is 7.86. The molecule has 0 aliphatic carbocycles. The summed E-state index contributed by atoms with van der Waals surface area (Å²) in [6.07, 6.45) is 5.77. The van der Waals surface area contributed by atoms with E-state index in [4.69, 9.17) is 0 Å². The van der Waals surface area contributed by atoms with Crippen LogP contribution in [0.4, 0.5) is 5.69 Å². The molecule has 216 valence electrons. The summed E-state index contributed by atoms with van der Waals surface area (Å²) in [6, 6.07) is 16.3. The summed E-state index contributed by atoms with van der Waals surface area (Å²) in [5.74, 6) is 0.116. The van der Waals surface area contributed by atoms with Crippen molar-refractivity contribution in [3.8, 4) is 0 Å². The van der Waals surface area contributed by atoms with Gasteiger partial charge in [0.25, 0.3) is 5.91 Å². The molecule has 5 aliphatic rings. The van der Waals surface area contributed by atoms with Crippen molar-refractivity contribution >= 4 is 23.4 Å². The molecule has 1 unspecified atom stereocenters. The first-order chi connectivity index (χ1) is 20.0. The molecule has 7 rings (SSSR count). The fourth-order valence-corrected chi connectivity index (χ4v) is 7.86. The number of carbonyl (C=O) groups excluding carboxylic acids is 3. The number of hydrogen-bond donors (Lipinski definition) is 1. The number of hydrogen-bond acceptors (Lipinski definition) is 6. The Morgan fingerprint density at radius 2 is 1.59 bits per heavy atom. The van der Waals surface area contributed by atoms with Crippen LogP contribution in [-0.2, 0) is 22.7 Å². The van der Waals surface area contributed by atoms with Crippen LogP contribution in [0.5, 0.6) is 0 Å². The summed E-state index contributed by atoms with van der Waals surface area (Å²) in [7, 11) is 0. The lowest BCUT2D eigenvalue weighted by atomic mass is 9.71. The monoisotopic (exact) mass is 555 g/mol. The number of nitrogens with zero attached hydrogens (tertiary/aromatic N) is 4. The average molecular weight is 556 g/mol. The third-order valence-electron chi connectivity index (χ3n) is 10.3. The first kappa shape index (κ1) is 26.7. The van der Waals surface area contributed by atoms with Gasteiger partial charge in [0.2, 0.25) is 11.8 Å². The van der Waals surface area contributed by atoms with Gasteiger partial charge in [-0.05, 0) is 81.9 Å². The van der Waals surface area contributed by atoms with E-state index in [1.54, 1.807) is 4.90 Å². The molecular formula is C33H41N5O3. The molecule has 5 heterocycles. The maximum Gasteiger partial charge on any atom is 0.255 e. The second kappa shape index (κ2) is 10.9. The minimum absolute atomic E-state index is 0.0919. The highest BCUT2D eigenvalue weighted by Crippen LogP contribution is 2.45. The standard InChI is InChI=1S/C33H41N5O3/c39-30-10-9-29(31(40)34-30)38-21-27-26(32(38)41)7-4-8-28(27)37-22-33(23-37)13-17-36(18-14-33)20-25-11-15-35(16-12-25)19-24-5-2-1-3-6-24/h1-8,25,29H,9-23H2,(H,34,39,40). The van der Waals surface area contributed by atoms with Gasteiger partial charge in [-0.15, -0.1) is 0 Å². The van der Waals surface area contributed by atoms with Gasteiger partial charge in [0.15, 0.2) is 0 Å². The van der Waals surface area contributed by atoms with E-state index in [1.807, 2.05) is 12.1 Å². The summed E-state index contributed by atoms with van der Waals surface area (Å²) in [6.45, 7) is 9.63. The zero-order valence-electron chi connectivity index (χ0n) is 23.9. The SMILES string of the molecule is O=C1CCC(N2Cc3c(cccc3N3CC4(CCN(CC5CCN(Cc6ccccc6)CC5)CC4)C3)C2=O)C(=O)N1. The molecule has 0 radical (unpaired) electrons. The van der Waals surface area contributed by atoms with Crippen LogP contribution < -0.4 is 10.2 Å². The fraction of sp³-hybridized carbons (Fsp3) is 0.545. The number of likely N-dealkylation sites (tertiary alicyclic amines) is 2. The molecule has 0 aromatic heterocycles. The predicted octanol–water partition coefficient (Wildman–Crippen LogP) is 3.26. The van der Waals surface area contributed by atoms with Gasteiger partial charge in [-0.1, -0.05) is 36.4 Å². The molecule has 8 nitrogen and oxygen atoms in total. The molecular weight excluding hydrogens is 514 g/mol. The largest absolute Gasteiger partial charge is 0.370 e. The first-order valence-electron chi connectivity index (χ1n) is 15.5. The van der Waals surface area contributed by atoms with E-state index < -0.39 is 6.04 Å². The molecule has 5 aliphatic heterocycles. The molecule has 1 atom stereocenters. The van der Waals surface area contributed by atoms with Crippen molar-refractivity contribution in [2.45, 2.75) is 57.7 Å². The van der Waals surface area contributed by atoms with Crippen LogP contribution in [0.3, 0.4) is 0 Å². The highest BCUT2D eigenvalue weighted by molar-refractivity contribution is 6.06. The van der Waals surface area contributed by atoms with Crippen LogP contribution in [0.2, 0.25) is 0 Å². The Bertz CT molecular complexity index is 1310. The number of carbonyl (C=O) groups is 3. The smallest absolute Gasteiger partial charge is 0.255 e. The van der Waals surface area contributed by atoms with Gasteiger partial charge in [0.1, 0.15) is 6.04 Å². The highest BCUT2D eigenvalue weighted by atomic mass is 16.2. The van der Waals surface area contributed by atoms with E-state index in [2.05, 4.69) is 56.4 Å².